The van der Waals surface area contributed by atoms with Crippen molar-refractivity contribution in [1.82, 2.24) is 15.1 Å². The lowest BCUT2D eigenvalue weighted by atomic mass is 10.0. The second kappa shape index (κ2) is 5.11. The molecule has 1 aromatic heterocycles. The van der Waals surface area contributed by atoms with Gasteiger partial charge in [0, 0.05) is 11.7 Å². The van der Waals surface area contributed by atoms with Gasteiger partial charge >= 0.3 is 0 Å². The molecule has 0 aliphatic heterocycles. The van der Waals surface area contributed by atoms with Gasteiger partial charge in [-0.25, -0.2) is 0 Å². The lowest BCUT2D eigenvalue weighted by Gasteiger charge is -2.24. The van der Waals surface area contributed by atoms with E-state index in [1.54, 1.807) is 0 Å². The normalized spacial score (nSPS) is 18.3. The summed E-state index contributed by atoms with van der Waals surface area (Å²) < 4.78 is 2.00. The molecule has 0 aromatic carbocycles. The first-order valence-corrected chi connectivity index (χ1v) is 6.84. The molecule has 2 rings (SSSR count). The van der Waals surface area contributed by atoms with Crippen molar-refractivity contribution in [2.24, 2.45) is 0 Å². The molecular weight excluding hydrogens is 224 g/mol. The van der Waals surface area contributed by atoms with Crippen molar-refractivity contribution in [3.8, 4) is 6.07 Å². The Hall–Kier alpha value is -1.34. The smallest absolute Gasteiger partial charge is 0.123 e. The van der Waals surface area contributed by atoms with E-state index in [4.69, 9.17) is 0 Å². The van der Waals surface area contributed by atoms with Crippen LogP contribution in [-0.4, -0.2) is 21.4 Å². The molecule has 1 N–H and O–H groups in total. The van der Waals surface area contributed by atoms with Gasteiger partial charge in [-0.2, -0.15) is 10.4 Å². The number of hydrogen-bond acceptors (Lipinski definition) is 3. The number of nitrogens with one attached hydrogen (secondary N) is 1. The SMILES string of the molecule is CCc1cc(CC)n(CC(C)(C#N)NC2CC2)n1. The molecule has 98 valence electrons. The summed E-state index contributed by atoms with van der Waals surface area (Å²) in [5.74, 6) is 0. The third kappa shape index (κ3) is 2.91. The van der Waals surface area contributed by atoms with Crippen molar-refractivity contribution in [2.75, 3.05) is 0 Å². The summed E-state index contributed by atoms with van der Waals surface area (Å²) >= 11 is 0. The molecule has 0 amide bonds. The largest absolute Gasteiger partial charge is 0.295 e. The van der Waals surface area contributed by atoms with Crippen LogP contribution >= 0.6 is 0 Å². The van der Waals surface area contributed by atoms with Crippen molar-refractivity contribution in [1.29, 1.82) is 5.26 Å². The van der Waals surface area contributed by atoms with E-state index in [-0.39, 0.29) is 0 Å². The summed E-state index contributed by atoms with van der Waals surface area (Å²) in [6.45, 7) is 6.84. The molecule has 1 aliphatic rings. The van der Waals surface area contributed by atoms with Gasteiger partial charge in [0.15, 0.2) is 0 Å². The predicted molar refractivity (Wildman–Crippen MR) is 71.2 cm³/mol. The predicted octanol–water partition coefficient (Wildman–Crippen LogP) is 2.04. The highest BCUT2D eigenvalue weighted by Crippen LogP contribution is 2.23. The maximum absolute atomic E-state index is 9.40. The number of nitrogens with zero attached hydrogens (tertiary/aromatic N) is 3. The molecule has 1 atom stereocenters. The average Bonchev–Trinajstić information content (AvgIpc) is 3.08. The first-order chi connectivity index (χ1) is 8.60. The van der Waals surface area contributed by atoms with Crippen LogP contribution in [0.15, 0.2) is 6.07 Å². The topological polar surface area (TPSA) is 53.6 Å². The third-order valence-corrected chi connectivity index (χ3v) is 3.45. The van der Waals surface area contributed by atoms with Crippen LogP contribution in [0.5, 0.6) is 0 Å². The lowest BCUT2D eigenvalue weighted by Crippen LogP contribution is -2.46. The van der Waals surface area contributed by atoms with E-state index in [0.29, 0.717) is 12.6 Å². The minimum absolute atomic E-state index is 0.512. The second-order valence-electron chi connectivity index (χ2n) is 5.35. The third-order valence-electron chi connectivity index (χ3n) is 3.45. The van der Waals surface area contributed by atoms with Crippen molar-refractivity contribution in [3.63, 3.8) is 0 Å². The van der Waals surface area contributed by atoms with Gasteiger partial charge in [0.1, 0.15) is 5.54 Å². The fraction of sp³-hybridized carbons (Fsp3) is 0.714. The molecule has 1 heterocycles. The Morgan fingerprint density at radius 3 is 2.72 bits per heavy atom. The highest BCUT2D eigenvalue weighted by molar-refractivity contribution is 5.14. The molecule has 4 heteroatoms. The summed E-state index contributed by atoms with van der Waals surface area (Å²) in [6, 6.07) is 5.08. The summed E-state index contributed by atoms with van der Waals surface area (Å²) in [6.07, 6.45) is 4.28. The Bertz CT molecular complexity index is 453. The molecule has 0 bridgehead atoms. The molecule has 0 spiro atoms. The molecule has 4 nitrogen and oxygen atoms in total. The maximum Gasteiger partial charge on any atom is 0.123 e. The van der Waals surface area contributed by atoms with Gasteiger partial charge in [0.2, 0.25) is 0 Å². The van der Waals surface area contributed by atoms with Gasteiger partial charge in [-0.05, 0) is 38.7 Å². The zero-order valence-corrected chi connectivity index (χ0v) is 11.5. The molecule has 0 radical (unpaired) electrons. The molecule has 1 aromatic rings. The van der Waals surface area contributed by atoms with Crippen LogP contribution < -0.4 is 5.32 Å². The van der Waals surface area contributed by atoms with E-state index in [2.05, 4.69) is 36.4 Å². The molecular formula is C14H22N4. The molecule has 1 aliphatic carbocycles. The van der Waals surface area contributed by atoms with Crippen LogP contribution in [0, 0.1) is 11.3 Å². The van der Waals surface area contributed by atoms with Gasteiger partial charge in [-0.3, -0.25) is 10.00 Å². The summed E-state index contributed by atoms with van der Waals surface area (Å²) in [4.78, 5) is 0. The second-order valence-corrected chi connectivity index (χ2v) is 5.35. The summed E-state index contributed by atoms with van der Waals surface area (Å²) in [5.41, 5.74) is 1.81. The first kappa shape index (κ1) is 13.1. The van der Waals surface area contributed by atoms with Gasteiger partial charge < -0.3 is 0 Å². The van der Waals surface area contributed by atoms with E-state index in [0.717, 1.165) is 18.5 Å². The Morgan fingerprint density at radius 1 is 1.50 bits per heavy atom. The van der Waals surface area contributed by atoms with E-state index in [1.165, 1.54) is 18.5 Å². The van der Waals surface area contributed by atoms with Crippen LogP contribution in [0.4, 0.5) is 0 Å². The number of nitriles is 1. The van der Waals surface area contributed by atoms with Crippen molar-refractivity contribution in [2.45, 2.75) is 64.6 Å². The van der Waals surface area contributed by atoms with Gasteiger partial charge in [-0.15, -0.1) is 0 Å². The first-order valence-electron chi connectivity index (χ1n) is 6.84. The van der Waals surface area contributed by atoms with E-state index in [9.17, 15) is 5.26 Å². The summed E-state index contributed by atoms with van der Waals surface area (Å²) in [5, 5.41) is 17.4. The zero-order valence-electron chi connectivity index (χ0n) is 11.5. The fourth-order valence-corrected chi connectivity index (χ4v) is 2.20. The van der Waals surface area contributed by atoms with Crippen LogP contribution in [0.3, 0.4) is 0 Å². The minimum Gasteiger partial charge on any atom is -0.295 e. The van der Waals surface area contributed by atoms with Crippen LogP contribution in [0.25, 0.3) is 0 Å². The average molecular weight is 246 g/mol. The Labute approximate surface area is 109 Å². The highest BCUT2D eigenvalue weighted by Gasteiger charge is 2.33. The standard InChI is InChI=1S/C14H22N4/c1-4-11-8-13(5-2)18(17-11)10-14(3,9-15)16-12-6-7-12/h8,12,16H,4-7,10H2,1-3H3. The number of rotatable bonds is 6. The van der Waals surface area contributed by atoms with Gasteiger partial charge in [0.05, 0.1) is 18.3 Å². The Balaban J connectivity index is 2.15. The number of aromatic nitrogens is 2. The minimum atomic E-state index is -0.512. The van der Waals surface area contributed by atoms with Crippen LogP contribution in [-0.2, 0) is 19.4 Å². The quantitative estimate of drug-likeness (QED) is 0.835. The van der Waals surface area contributed by atoms with E-state index in [1.807, 2.05) is 11.6 Å². The Kier molecular flexibility index (Phi) is 3.72. The molecule has 0 saturated heterocycles. The van der Waals surface area contributed by atoms with Crippen molar-refractivity contribution in [3.05, 3.63) is 17.5 Å². The molecule has 18 heavy (non-hydrogen) atoms. The van der Waals surface area contributed by atoms with Gasteiger partial charge in [0.25, 0.3) is 0 Å². The summed E-state index contributed by atoms with van der Waals surface area (Å²) in [7, 11) is 0. The zero-order chi connectivity index (χ0) is 13.2. The van der Waals surface area contributed by atoms with Crippen LogP contribution in [0.2, 0.25) is 0 Å². The van der Waals surface area contributed by atoms with Gasteiger partial charge in [-0.1, -0.05) is 13.8 Å². The van der Waals surface area contributed by atoms with E-state index >= 15 is 0 Å². The molecule has 1 saturated carbocycles. The maximum atomic E-state index is 9.40. The molecule has 1 unspecified atom stereocenters. The number of aryl methyl sites for hydroxylation is 2. The molecule has 1 fully saturated rings. The van der Waals surface area contributed by atoms with Crippen molar-refractivity contribution < 1.29 is 0 Å². The van der Waals surface area contributed by atoms with Crippen LogP contribution in [0.1, 0.15) is 45.0 Å². The van der Waals surface area contributed by atoms with E-state index < -0.39 is 5.54 Å². The fourth-order valence-electron chi connectivity index (χ4n) is 2.20. The van der Waals surface area contributed by atoms with Crippen molar-refractivity contribution >= 4 is 0 Å². The Morgan fingerprint density at radius 2 is 2.22 bits per heavy atom. The highest BCUT2D eigenvalue weighted by atomic mass is 15.3. The lowest BCUT2D eigenvalue weighted by molar-refractivity contribution is 0.361. The number of hydrogen-bond donors (Lipinski definition) is 1. The monoisotopic (exact) mass is 246 g/mol.